The van der Waals surface area contributed by atoms with Gasteiger partial charge in [0.15, 0.2) is 0 Å². The smallest absolute Gasteiger partial charge is 0.255 e. The molecule has 0 saturated carbocycles. The van der Waals surface area contributed by atoms with Gasteiger partial charge < -0.3 is 5.32 Å². The number of anilines is 1. The van der Waals surface area contributed by atoms with Crippen LogP contribution in [0.5, 0.6) is 0 Å². The summed E-state index contributed by atoms with van der Waals surface area (Å²) in [5, 5.41) is 10.7. The maximum Gasteiger partial charge on any atom is 0.255 e. The van der Waals surface area contributed by atoms with Crippen LogP contribution in [0.1, 0.15) is 10.4 Å². The minimum atomic E-state index is -0.172. The van der Waals surface area contributed by atoms with Gasteiger partial charge in [-0.25, -0.2) is 0 Å². The quantitative estimate of drug-likeness (QED) is 0.679. The Labute approximate surface area is 131 Å². The van der Waals surface area contributed by atoms with Crippen LogP contribution in [0.4, 0.5) is 5.69 Å². The lowest BCUT2D eigenvalue weighted by atomic mass is 10.1. The molecule has 0 aliphatic heterocycles. The number of rotatable bonds is 2. The molecule has 2 N–H and O–H groups in total. The number of amides is 1. The van der Waals surface area contributed by atoms with Gasteiger partial charge in [0.2, 0.25) is 0 Å². The Bertz CT molecular complexity index is 778. The number of hydrogen-bond acceptors (Lipinski definition) is 2. The molecule has 2 aromatic carbocycles. The molecular weight excluding hydrogens is 386 g/mol. The fourth-order valence-electron chi connectivity index (χ4n) is 1.88. The molecule has 0 aliphatic rings. The van der Waals surface area contributed by atoms with Gasteiger partial charge in [-0.3, -0.25) is 9.89 Å². The number of fused-ring (bicyclic) bond motifs is 1. The monoisotopic (exact) mass is 393 g/mol. The van der Waals surface area contributed by atoms with Gasteiger partial charge in [0.25, 0.3) is 5.91 Å². The first-order valence-electron chi connectivity index (χ1n) is 5.83. The van der Waals surface area contributed by atoms with E-state index in [0.717, 1.165) is 19.8 Å². The Balaban J connectivity index is 1.92. The topological polar surface area (TPSA) is 57.8 Å². The van der Waals surface area contributed by atoms with Gasteiger partial charge in [0, 0.05) is 19.9 Å². The van der Waals surface area contributed by atoms with Crippen molar-refractivity contribution in [2.75, 3.05) is 5.32 Å². The molecular formula is C14H9Br2N3O. The maximum absolute atomic E-state index is 12.3. The molecule has 100 valence electrons. The van der Waals surface area contributed by atoms with E-state index < -0.39 is 0 Å². The second-order valence-electron chi connectivity index (χ2n) is 4.22. The lowest BCUT2D eigenvalue weighted by Crippen LogP contribution is -2.12. The highest BCUT2D eigenvalue weighted by atomic mass is 79.9. The summed E-state index contributed by atoms with van der Waals surface area (Å²) in [6.07, 6.45) is 1.72. The number of aromatic amines is 1. The van der Waals surface area contributed by atoms with Crippen LogP contribution in [0.3, 0.4) is 0 Å². The third-order valence-electron chi connectivity index (χ3n) is 2.91. The minimum Gasteiger partial charge on any atom is -0.320 e. The summed E-state index contributed by atoms with van der Waals surface area (Å²) in [4.78, 5) is 12.3. The zero-order chi connectivity index (χ0) is 14.1. The van der Waals surface area contributed by atoms with Crippen LogP contribution in [0.2, 0.25) is 0 Å². The van der Waals surface area contributed by atoms with Gasteiger partial charge in [0.05, 0.1) is 17.4 Å². The lowest BCUT2D eigenvalue weighted by molar-refractivity contribution is 0.102. The summed E-state index contributed by atoms with van der Waals surface area (Å²) < 4.78 is 1.64. The first kappa shape index (κ1) is 13.3. The van der Waals surface area contributed by atoms with Crippen LogP contribution in [0.15, 0.2) is 51.5 Å². The van der Waals surface area contributed by atoms with Crippen molar-refractivity contribution in [1.29, 1.82) is 0 Å². The largest absolute Gasteiger partial charge is 0.320 e. The van der Waals surface area contributed by atoms with E-state index in [-0.39, 0.29) is 5.91 Å². The number of nitrogens with one attached hydrogen (secondary N) is 2. The standard InChI is InChI=1S/C14H9Br2N3O/c15-10-2-1-3-11(16)13(10)18-14(20)8-4-5-9-7-17-19-12(9)6-8/h1-7H,(H,17,19)(H,18,20). The van der Waals surface area contributed by atoms with Crippen molar-refractivity contribution >= 4 is 54.4 Å². The number of benzene rings is 2. The van der Waals surface area contributed by atoms with Crippen molar-refractivity contribution in [3.63, 3.8) is 0 Å². The predicted octanol–water partition coefficient (Wildman–Crippen LogP) is 4.34. The normalized spacial score (nSPS) is 10.7. The van der Waals surface area contributed by atoms with E-state index in [2.05, 4.69) is 47.4 Å². The second kappa shape index (κ2) is 5.38. The Morgan fingerprint density at radius 3 is 2.65 bits per heavy atom. The van der Waals surface area contributed by atoms with Crippen molar-refractivity contribution in [3.05, 3.63) is 57.1 Å². The molecule has 0 bridgehead atoms. The number of carbonyl (C=O) groups is 1. The van der Waals surface area contributed by atoms with Crippen LogP contribution >= 0.6 is 31.9 Å². The highest BCUT2D eigenvalue weighted by Crippen LogP contribution is 2.31. The average Bonchev–Trinajstić information content (AvgIpc) is 2.90. The van der Waals surface area contributed by atoms with Crippen molar-refractivity contribution < 1.29 is 4.79 Å². The molecule has 0 fully saturated rings. The molecule has 3 rings (SSSR count). The van der Waals surface area contributed by atoms with Crippen molar-refractivity contribution in [3.8, 4) is 0 Å². The van der Waals surface area contributed by atoms with E-state index >= 15 is 0 Å². The van der Waals surface area contributed by atoms with Crippen LogP contribution < -0.4 is 5.32 Å². The molecule has 4 nitrogen and oxygen atoms in total. The third kappa shape index (κ3) is 2.48. The Kier molecular flexibility index (Phi) is 3.58. The van der Waals surface area contributed by atoms with Crippen molar-refractivity contribution in [1.82, 2.24) is 10.2 Å². The number of H-pyrrole nitrogens is 1. The van der Waals surface area contributed by atoms with Crippen molar-refractivity contribution in [2.24, 2.45) is 0 Å². The number of para-hydroxylation sites is 1. The third-order valence-corrected chi connectivity index (χ3v) is 4.23. The molecule has 0 spiro atoms. The summed E-state index contributed by atoms with van der Waals surface area (Å²) >= 11 is 6.84. The number of hydrogen-bond donors (Lipinski definition) is 2. The summed E-state index contributed by atoms with van der Waals surface area (Å²) in [6.45, 7) is 0. The second-order valence-corrected chi connectivity index (χ2v) is 5.93. The molecule has 1 amide bonds. The van der Waals surface area contributed by atoms with Gasteiger partial charge in [-0.05, 0) is 56.1 Å². The Morgan fingerprint density at radius 1 is 1.15 bits per heavy atom. The average molecular weight is 395 g/mol. The summed E-state index contributed by atoms with van der Waals surface area (Å²) in [5.74, 6) is -0.172. The predicted molar refractivity (Wildman–Crippen MR) is 85.9 cm³/mol. The molecule has 6 heteroatoms. The van der Waals surface area contributed by atoms with E-state index in [1.54, 1.807) is 18.3 Å². The first-order chi connectivity index (χ1) is 9.65. The summed E-state index contributed by atoms with van der Waals surface area (Å²) in [7, 11) is 0. The van der Waals surface area contributed by atoms with E-state index in [9.17, 15) is 4.79 Å². The van der Waals surface area contributed by atoms with Gasteiger partial charge in [-0.2, -0.15) is 5.10 Å². The number of nitrogens with zero attached hydrogens (tertiary/aromatic N) is 1. The van der Waals surface area contributed by atoms with Gasteiger partial charge in [0.1, 0.15) is 0 Å². The molecule has 1 aromatic heterocycles. The summed E-state index contributed by atoms with van der Waals surface area (Å²) in [6, 6.07) is 11.1. The maximum atomic E-state index is 12.3. The molecule has 0 aliphatic carbocycles. The fourth-order valence-corrected chi connectivity index (χ4v) is 3.08. The molecule has 0 atom stereocenters. The first-order valence-corrected chi connectivity index (χ1v) is 7.42. The molecule has 20 heavy (non-hydrogen) atoms. The Hall–Kier alpha value is -1.66. The zero-order valence-electron chi connectivity index (χ0n) is 10.2. The fraction of sp³-hybridized carbons (Fsp3) is 0. The SMILES string of the molecule is O=C(Nc1c(Br)cccc1Br)c1ccc2cn[nH]c2c1. The van der Waals surface area contributed by atoms with Crippen LogP contribution in [-0.4, -0.2) is 16.1 Å². The van der Waals surface area contributed by atoms with Gasteiger partial charge in [-0.1, -0.05) is 12.1 Å². The highest BCUT2D eigenvalue weighted by molar-refractivity contribution is 9.11. The molecule has 0 radical (unpaired) electrons. The van der Waals surface area contributed by atoms with Gasteiger partial charge in [-0.15, -0.1) is 0 Å². The van der Waals surface area contributed by atoms with Crippen LogP contribution in [0, 0.1) is 0 Å². The van der Waals surface area contributed by atoms with E-state index in [1.165, 1.54) is 0 Å². The molecule has 3 aromatic rings. The number of aromatic nitrogens is 2. The zero-order valence-corrected chi connectivity index (χ0v) is 13.3. The summed E-state index contributed by atoms with van der Waals surface area (Å²) in [5.41, 5.74) is 2.12. The van der Waals surface area contributed by atoms with Crippen LogP contribution in [0.25, 0.3) is 10.9 Å². The number of halogens is 2. The van der Waals surface area contributed by atoms with E-state index in [1.807, 2.05) is 24.3 Å². The molecule has 0 unspecified atom stereocenters. The molecule has 1 heterocycles. The lowest BCUT2D eigenvalue weighted by Gasteiger charge is -2.09. The van der Waals surface area contributed by atoms with Crippen molar-refractivity contribution in [2.45, 2.75) is 0 Å². The van der Waals surface area contributed by atoms with Crippen LogP contribution in [-0.2, 0) is 0 Å². The number of carbonyl (C=O) groups excluding carboxylic acids is 1. The highest BCUT2D eigenvalue weighted by Gasteiger charge is 2.11. The van der Waals surface area contributed by atoms with E-state index in [0.29, 0.717) is 11.3 Å². The van der Waals surface area contributed by atoms with E-state index in [4.69, 9.17) is 0 Å². The minimum absolute atomic E-state index is 0.172. The Morgan fingerprint density at radius 2 is 1.90 bits per heavy atom. The van der Waals surface area contributed by atoms with Gasteiger partial charge >= 0.3 is 0 Å². The molecule has 0 saturated heterocycles.